The highest BCUT2D eigenvalue weighted by molar-refractivity contribution is 5.79. The molecule has 1 aromatic carbocycles. The molecular formula is C14H20FNO. The van der Waals surface area contributed by atoms with E-state index in [-0.39, 0.29) is 5.82 Å². The first-order chi connectivity index (χ1) is 8.22. The zero-order valence-electron chi connectivity index (χ0n) is 10.8. The van der Waals surface area contributed by atoms with Gasteiger partial charge in [0.1, 0.15) is 5.82 Å². The van der Waals surface area contributed by atoms with Crippen LogP contribution in [0, 0.1) is 5.82 Å². The van der Waals surface area contributed by atoms with Gasteiger partial charge in [-0.2, -0.15) is 0 Å². The number of hydrogen-bond acceptors (Lipinski definition) is 2. The Balaban J connectivity index is 0.000000437. The van der Waals surface area contributed by atoms with Gasteiger partial charge in [0, 0.05) is 11.5 Å². The summed E-state index contributed by atoms with van der Waals surface area (Å²) in [5, 5.41) is 4.86. The highest BCUT2D eigenvalue weighted by Gasteiger charge is 2.07. The van der Waals surface area contributed by atoms with E-state index in [0.29, 0.717) is 5.58 Å². The molecule has 3 heteroatoms. The highest BCUT2D eigenvalue weighted by Crippen LogP contribution is 2.20. The standard InChI is InChI=1S/C11H12FNO.C3H8/c1-2-3-4-10-9-6-5-8(12)7-11(9)14-13-10;1-3-2/h5-7H,2-4H2,1H3;3H2,1-2H3. The van der Waals surface area contributed by atoms with Crippen LogP contribution in [0.2, 0.25) is 0 Å². The zero-order chi connectivity index (χ0) is 12.7. The van der Waals surface area contributed by atoms with Crippen LogP contribution in [0.1, 0.15) is 45.7 Å². The summed E-state index contributed by atoms with van der Waals surface area (Å²) in [5.41, 5.74) is 1.47. The van der Waals surface area contributed by atoms with Crippen molar-refractivity contribution in [2.45, 2.75) is 46.5 Å². The molecule has 0 amide bonds. The van der Waals surface area contributed by atoms with Crippen molar-refractivity contribution < 1.29 is 8.91 Å². The first kappa shape index (κ1) is 13.7. The molecule has 17 heavy (non-hydrogen) atoms. The molecule has 0 bridgehead atoms. The highest BCUT2D eigenvalue weighted by atomic mass is 19.1. The molecule has 0 unspecified atom stereocenters. The average molecular weight is 237 g/mol. The summed E-state index contributed by atoms with van der Waals surface area (Å²) in [6, 6.07) is 4.54. The number of halogens is 1. The quantitative estimate of drug-likeness (QED) is 0.771. The average Bonchev–Trinajstić information content (AvgIpc) is 2.69. The lowest BCUT2D eigenvalue weighted by Crippen LogP contribution is -1.84. The molecular weight excluding hydrogens is 217 g/mol. The predicted octanol–water partition coefficient (Wildman–Crippen LogP) is 4.73. The van der Waals surface area contributed by atoms with Crippen molar-refractivity contribution in [3.8, 4) is 0 Å². The molecule has 0 spiro atoms. The van der Waals surface area contributed by atoms with E-state index >= 15 is 0 Å². The molecule has 2 rings (SSSR count). The van der Waals surface area contributed by atoms with Gasteiger partial charge in [-0.05, 0) is 25.0 Å². The van der Waals surface area contributed by atoms with Crippen LogP contribution >= 0.6 is 0 Å². The summed E-state index contributed by atoms with van der Waals surface area (Å²) in [4.78, 5) is 0. The number of hydrogen-bond donors (Lipinski definition) is 0. The maximum atomic E-state index is 12.8. The molecule has 0 atom stereocenters. The summed E-state index contributed by atoms with van der Waals surface area (Å²) in [6.07, 6.45) is 4.35. The predicted molar refractivity (Wildman–Crippen MR) is 68.5 cm³/mol. The number of aromatic nitrogens is 1. The summed E-state index contributed by atoms with van der Waals surface area (Å²) in [7, 11) is 0. The molecule has 0 aliphatic rings. The lowest BCUT2D eigenvalue weighted by molar-refractivity contribution is 0.443. The van der Waals surface area contributed by atoms with Crippen molar-refractivity contribution in [2.75, 3.05) is 0 Å². The second-order valence-electron chi connectivity index (χ2n) is 4.08. The fourth-order valence-corrected chi connectivity index (χ4v) is 1.49. The minimum Gasteiger partial charge on any atom is -0.356 e. The van der Waals surface area contributed by atoms with Crippen molar-refractivity contribution in [1.82, 2.24) is 5.16 Å². The summed E-state index contributed by atoms with van der Waals surface area (Å²) in [5.74, 6) is -0.282. The van der Waals surface area contributed by atoms with Gasteiger partial charge in [-0.3, -0.25) is 0 Å². The van der Waals surface area contributed by atoms with Gasteiger partial charge in [0.2, 0.25) is 0 Å². The maximum absolute atomic E-state index is 12.8. The van der Waals surface area contributed by atoms with E-state index in [4.69, 9.17) is 4.52 Å². The van der Waals surface area contributed by atoms with E-state index in [1.54, 1.807) is 6.07 Å². The molecule has 0 aliphatic carbocycles. The molecule has 0 radical (unpaired) electrons. The SMILES string of the molecule is CCC.CCCCc1noc2cc(F)ccc12. The Labute approximate surface area is 102 Å². The van der Waals surface area contributed by atoms with Crippen LogP contribution in [0.3, 0.4) is 0 Å². The van der Waals surface area contributed by atoms with Crippen LogP contribution in [0.25, 0.3) is 11.0 Å². The monoisotopic (exact) mass is 237 g/mol. The summed E-state index contributed by atoms with van der Waals surface area (Å²) < 4.78 is 17.8. The topological polar surface area (TPSA) is 26.0 Å². The summed E-state index contributed by atoms with van der Waals surface area (Å²) >= 11 is 0. The Kier molecular flexibility index (Phi) is 5.67. The molecule has 1 aromatic heterocycles. The van der Waals surface area contributed by atoms with E-state index in [1.807, 2.05) is 0 Å². The van der Waals surface area contributed by atoms with E-state index < -0.39 is 0 Å². The third-order valence-corrected chi connectivity index (χ3v) is 2.28. The number of benzene rings is 1. The van der Waals surface area contributed by atoms with Crippen LogP contribution in [0.15, 0.2) is 22.7 Å². The Morgan fingerprint density at radius 2 is 1.94 bits per heavy atom. The molecule has 0 fully saturated rings. The number of nitrogens with zero attached hydrogens (tertiary/aromatic N) is 1. The van der Waals surface area contributed by atoms with E-state index in [0.717, 1.165) is 30.3 Å². The number of unbranched alkanes of at least 4 members (excludes halogenated alkanes) is 1. The van der Waals surface area contributed by atoms with Crippen molar-refractivity contribution in [3.63, 3.8) is 0 Å². The second kappa shape index (κ2) is 7.05. The molecule has 0 saturated heterocycles. The molecule has 94 valence electrons. The lowest BCUT2D eigenvalue weighted by atomic mass is 10.1. The van der Waals surface area contributed by atoms with Crippen LogP contribution in [0.4, 0.5) is 4.39 Å². The van der Waals surface area contributed by atoms with Gasteiger partial charge >= 0.3 is 0 Å². The normalized spacial score (nSPS) is 10.1. The maximum Gasteiger partial charge on any atom is 0.170 e. The Hall–Kier alpha value is -1.38. The van der Waals surface area contributed by atoms with Gasteiger partial charge in [-0.15, -0.1) is 0 Å². The Morgan fingerprint density at radius 3 is 2.59 bits per heavy atom. The minimum atomic E-state index is -0.282. The summed E-state index contributed by atoms with van der Waals surface area (Å²) in [6.45, 7) is 6.38. The van der Waals surface area contributed by atoms with Crippen LogP contribution < -0.4 is 0 Å². The number of fused-ring (bicyclic) bond motifs is 1. The van der Waals surface area contributed by atoms with E-state index in [1.165, 1.54) is 18.6 Å². The zero-order valence-corrected chi connectivity index (χ0v) is 10.8. The number of aryl methyl sites for hydroxylation is 1. The van der Waals surface area contributed by atoms with Crippen molar-refractivity contribution in [1.29, 1.82) is 0 Å². The van der Waals surface area contributed by atoms with Crippen LogP contribution in [0.5, 0.6) is 0 Å². The first-order valence-electron chi connectivity index (χ1n) is 6.26. The molecule has 1 heterocycles. The van der Waals surface area contributed by atoms with Crippen molar-refractivity contribution in [2.24, 2.45) is 0 Å². The minimum absolute atomic E-state index is 0.282. The van der Waals surface area contributed by atoms with Gasteiger partial charge in [-0.25, -0.2) is 4.39 Å². The van der Waals surface area contributed by atoms with Crippen molar-refractivity contribution in [3.05, 3.63) is 29.7 Å². The molecule has 0 aliphatic heterocycles. The number of rotatable bonds is 3. The fraction of sp³-hybridized carbons (Fsp3) is 0.500. The first-order valence-corrected chi connectivity index (χ1v) is 6.26. The third kappa shape index (κ3) is 3.84. The van der Waals surface area contributed by atoms with Crippen molar-refractivity contribution >= 4 is 11.0 Å². The Bertz CT molecular complexity index is 450. The second-order valence-corrected chi connectivity index (χ2v) is 4.08. The van der Waals surface area contributed by atoms with E-state index in [2.05, 4.69) is 25.9 Å². The molecule has 2 nitrogen and oxygen atoms in total. The Morgan fingerprint density at radius 1 is 1.24 bits per heavy atom. The smallest absolute Gasteiger partial charge is 0.170 e. The largest absolute Gasteiger partial charge is 0.356 e. The van der Waals surface area contributed by atoms with Gasteiger partial charge in [0.15, 0.2) is 5.58 Å². The molecule has 0 N–H and O–H groups in total. The third-order valence-electron chi connectivity index (χ3n) is 2.28. The fourth-order valence-electron chi connectivity index (χ4n) is 1.49. The molecule has 0 saturated carbocycles. The van der Waals surface area contributed by atoms with Crippen LogP contribution in [-0.2, 0) is 6.42 Å². The molecule has 2 aromatic rings. The van der Waals surface area contributed by atoms with E-state index in [9.17, 15) is 4.39 Å². The van der Waals surface area contributed by atoms with Gasteiger partial charge < -0.3 is 4.52 Å². The van der Waals surface area contributed by atoms with Gasteiger partial charge in [0.25, 0.3) is 0 Å². The van der Waals surface area contributed by atoms with Gasteiger partial charge in [-0.1, -0.05) is 38.8 Å². The van der Waals surface area contributed by atoms with Crippen LogP contribution in [-0.4, -0.2) is 5.16 Å². The lowest BCUT2D eigenvalue weighted by Gasteiger charge is -1.93. The van der Waals surface area contributed by atoms with Gasteiger partial charge in [0.05, 0.1) is 5.69 Å².